The lowest BCUT2D eigenvalue weighted by molar-refractivity contribution is 1.02. The molecule has 2 aliphatic rings. The largest absolute Gasteiger partial charge is 0.0732 e. The van der Waals surface area contributed by atoms with Crippen molar-refractivity contribution < 1.29 is 0 Å². The molecule has 0 spiro atoms. The van der Waals surface area contributed by atoms with Crippen molar-refractivity contribution in [3.63, 3.8) is 0 Å². The second kappa shape index (κ2) is 1.73. The van der Waals surface area contributed by atoms with Crippen molar-refractivity contribution in [1.82, 2.24) is 0 Å². The summed E-state index contributed by atoms with van der Waals surface area (Å²) < 4.78 is 0. The van der Waals surface area contributed by atoms with Gasteiger partial charge in [-0.15, -0.1) is 0 Å². The van der Waals surface area contributed by atoms with Gasteiger partial charge in [0.2, 0.25) is 0 Å². The van der Waals surface area contributed by atoms with Crippen LogP contribution in [0, 0.1) is 12.0 Å². The fourth-order valence-electron chi connectivity index (χ4n) is 1.12. The van der Waals surface area contributed by atoms with Gasteiger partial charge in [-0.05, 0) is 11.6 Å². The summed E-state index contributed by atoms with van der Waals surface area (Å²) in [6, 6.07) is 0. The highest BCUT2D eigenvalue weighted by Gasteiger charge is 2.09. The average Bonchev–Trinajstić information content (AvgIpc) is 2.33. The summed E-state index contributed by atoms with van der Waals surface area (Å²) in [5.74, 6) is 0.523. The molecule has 9 heavy (non-hydrogen) atoms. The summed E-state index contributed by atoms with van der Waals surface area (Å²) in [6.07, 6.45) is 15.7. The molecule has 0 aromatic rings. The van der Waals surface area contributed by atoms with Gasteiger partial charge in [-0.1, -0.05) is 36.5 Å². The first-order valence-corrected chi connectivity index (χ1v) is 3.12. The predicted molar refractivity (Wildman–Crippen MR) is 37.7 cm³/mol. The average molecular weight is 115 g/mol. The molecule has 0 aliphatic heterocycles. The van der Waals surface area contributed by atoms with E-state index in [1.807, 2.05) is 12.2 Å². The summed E-state index contributed by atoms with van der Waals surface area (Å²) >= 11 is 0. The molecule has 0 amide bonds. The maximum atomic E-state index is 3.16. The number of allylic oxidation sites excluding steroid dienone is 8. The lowest BCUT2D eigenvalue weighted by Crippen LogP contribution is -1.92. The van der Waals surface area contributed by atoms with Crippen molar-refractivity contribution in [3.8, 4) is 0 Å². The molecule has 0 saturated carbocycles. The maximum absolute atomic E-state index is 3.16. The normalized spacial score (nSPS) is 28.4. The molecular weight excluding hydrogens is 108 g/mol. The van der Waals surface area contributed by atoms with Gasteiger partial charge in [0.25, 0.3) is 0 Å². The van der Waals surface area contributed by atoms with Crippen LogP contribution in [0.25, 0.3) is 0 Å². The van der Waals surface area contributed by atoms with Crippen molar-refractivity contribution >= 4 is 0 Å². The van der Waals surface area contributed by atoms with E-state index >= 15 is 0 Å². The van der Waals surface area contributed by atoms with E-state index in [1.54, 1.807) is 0 Å². The Morgan fingerprint density at radius 2 is 2.22 bits per heavy atom. The molecule has 0 nitrogen and oxygen atoms in total. The van der Waals surface area contributed by atoms with E-state index in [0.29, 0.717) is 5.92 Å². The summed E-state index contributed by atoms with van der Waals surface area (Å²) in [5.41, 5.74) is 1.29. The van der Waals surface area contributed by atoms with Crippen LogP contribution in [-0.4, -0.2) is 0 Å². The smallest absolute Gasteiger partial charge is 0.0211 e. The van der Waals surface area contributed by atoms with Gasteiger partial charge in [-0.25, -0.2) is 0 Å². The van der Waals surface area contributed by atoms with E-state index in [0.717, 1.165) is 0 Å². The minimum absolute atomic E-state index is 0.523. The molecule has 0 heterocycles. The minimum Gasteiger partial charge on any atom is -0.0732 e. The molecule has 1 radical (unpaired) electrons. The Morgan fingerprint density at radius 1 is 1.22 bits per heavy atom. The van der Waals surface area contributed by atoms with Crippen molar-refractivity contribution in [2.75, 3.05) is 0 Å². The van der Waals surface area contributed by atoms with Crippen LogP contribution >= 0.6 is 0 Å². The molecule has 0 N–H and O–H groups in total. The van der Waals surface area contributed by atoms with Gasteiger partial charge in [0.15, 0.2) is 0 Å². The minimum atomic E-state index is 0.523. The second-order valence-electron chi connectivity index (χ2n) is 2.23. The van der Waals surface area contributed by atoms with Crippen LogP contribution in [-0.2, 0) is 0 Å². The number of fused-ring (bicyclic) bond motifs is 1. The molecule has 0 aromatic heterocycles. The number of rotatable bonds is 0. The first-order chi connectivity index (χ1) is 4.47. The highest BCUT2D eigenvalue weighted by atomic mass is 14.1. The Labute approximate surface area is 54.9 Å². The summed E-state index contributed by atoms with van der Waals surface area (Å²) in [7, 11) is 0. The van der Waals surface area contributed by atoms with Crippen LogP contribution in [0.2, 0.25) is 0 Å². The van der Waals surface area contributed by atoms with Gasteiger partial charge in [0.05, 0.1) is 0 Å². The Kier molecular flexibility index (Phi) is 0.922. The summed E-state index contributed by atoms with van der Waals surface area (Å²) in [4.78, 5) is 0. The van der Waals surface area contributed by atoms with Gasteiger partial charge in [-0.2, -0.15) is 0 Å². The van der Waals surface area contributed by atoms with E-state index in [2.05, 4.69) is 30.4 Å². The molecule has 0 fully saturated rings. The molecule has 43 valence electrons. The van der Waals surface area contributed by atoms with Crippen LogP contribution in [0.15, 0.2) is 42.0 Å². The fraction of sp³-hybridized carbons (Fsp3) is 0.111. The van der Waals surface area contributed by atoms with E-state index < -0.39 is 0 Å². The Balaban J connectivity index is 2.40. The first kappa shape index (κ1) is 4.80. The summed E-state index contributed by atoms with van der Waals surface area (Å²) in [6.45, 7) is 0. The lowest BCUT2D eigenvalue weighted by atomic mass is 9.99. The Morgan fingerprint density at radius 3 is 3.11 bits per heavy atom. The monoisotopic (exact) mass is 115 g/mol. The maximum Gasteiger partial charge on any atom is 0.0211 e. The van der Waals surface area contributed by atoms with E-state index in [4.69, 9.17) is 0 Å². The van der Waals surface area contributed by atoms with Gasteiger partial charge in [0.1, 0.15) is 0 Å². The van der Waals surface area contributed by atoms with Crippen LogP contribution in [0.3, 0.4) is 0 Å². The van der Waals surface area contributed by atoms with Crippen LogP contribution in [0.4, 0.5) is 0 Å². The van der Waals surface area contributed by atoms with Crippen LogP contribution in [0.1, 0.15) is 0 Å². The Bertz CT molecular complexity index is 226. The van der Waals surface area contributed by atoms with Crippen molar-refractivity contribution in [1.29, 1.82) is 0 Å². The third-order valence-corrected chi connectivity index (χ3v) is 1.62. The SMILES string of the molecule is [C]1=C2C=CC=CC2C=C1. The van der Waals surface area contributed by atoms with E-state index in [1.165, 1.54) is 5.57 Å². The zero-order valence-electron chi connectivity index (χ0n) is 5.04. The number of hydrogen-bond acceptors (Lipinski definition) is 0. The standard InChI is InChI=1S/C9H7/c1-2-5-9-7-3-6-8(9)4-1/h1-6,8H. The zero-order chi connectivity index (χ0) is 6.10. The highest BCUT2D eigenvalue weighted by molar-refractivity contribution is 5.40. The molecule has 2 aliphatic carbocycles. The molecular formula is C9H7. The fourth-order valence-corrected chi connectivity index (χ4v) is 1.12. The van der Waals surface area contributed by atoms with E-state index in [9.17, 15) is 0 Å². The molecule has 2 rings (SSSR count). The first-order valence-electron chi connectivity index (χ1n) is 3.12. The highest BCUT2D eigenvalue weighted by Crippen LogP contribution is 2.23. The van der Waals surface area contributed by atoms with Crippen LogP contribution in [0.5, 0.6) is 0 Å². The van der Waals surface area contributed by atoms with Gasteiger partial charge in [-0.3, -0.25) is 0 Å². The van der Waals surface area contributed by atoms with Crippen molar-refractivity contribution in [2.45, 2.75) is 0 Å². The van der Waals surface area contributed by atoms with Gasteiger partial charge >= 0.3 is 0 Å². The number of hydrogen-bond donors (Lipinski definition) is 0. The summed E-state index contributed by atoms with van der Waals surface area (Å²) in [5, 5.41) is 0. The van der Waals surface area contributed by atoms with Crippen molar-refractivity contribution in [2.24, 2.45) is 5.92 Å². The quantitative estimate of drug-likeness (QED) is 0.453. The molecule has 0 aromatic carbocycles. The third kappa shape index (κ3) is 0.672. The molecule has 0 heteroatoms. The molecule has 1 atom stereocenters. The van der Waals surface area contributed by atoms with Gasteiger partial charge < -0.3 is 0 Å². The topological polar surface area (TPSA) is 0 Å². The third-order valence-electron chi connectivity index (χ3n) is 1.62. The Hall–Kier alpha value is -1.04. The molecule has 1 unspecified atom stereocenters. The molecule has 0 bridgehead atoms. The lowest BCUT2D eigenvalue weighted by Gasteiger charge is -2.06. The van der Waals surface area contributed by atoms with Crippen molar-refractivity contribution in [3.05, 3.63) is 48.1 Å². The van der Waals surface area contributed by atoms with Gasteiger partial charge in [0, 0.05) is 5.92 Å². The second-order valence-corrected chi connectivity index (χ2v) is 2.23. The predicted octanol–water partition coefficient (Wildman–Crippen LogP) is 2.03. The van der Waals surface area contributed by atoms with Crippen LogP contribution < -0.4 is 0 Å². The zero-order valence-corrected chi connectivity index (χ0v) is 5.04. The molecule has 0 saturated heterocycles. The van der Waals surface area contributed by atoms with E-state index in [-0.39, 0.29) is 0 Å².